The molecule has 5 heteroatoms. The van der Waals surface area contributed by atoms with Gasteiger partial charge >= 0.3 is 5.97 Å². The lowest BCUT2D eigenvalue weighted by Gasteiger charge is -2.24. The Hall–Kier alpha value is -2.43. The van der Waals surface area contributed by atoms with Crippen LogP contribution in [0.2, 0.25) is 0 Å². The van der Waals surface area contributed by atoms with Crippen LogP contribution in [-0.2, 0) is 6.54 Å². The first-order valence-corrected chi connectivity index (χ1v) is 6.02. The van der Waals surface area contributed by atoms with Crippen molar-refractivity contribution in [3.8, 4) is 0 Å². The number of carboxylic acid groups (broad SMARTS) is 1. The number of benzene rings is 1. The molecule has 2 aromatic rings. The van der Waals surface area contributed by atoms with Crippen molar-refractivity contribution in [2.75, 3.05) is 17.2 Å². The highest BCUT2D eigenvalue weighted by Crippen LogP contribution is 2.25. The number of nitrogen functional groups attached to an aromatic ring is 1. The third-order valence-electron chi connectivity index (χ3n) is 2.90. The van der Waals surface area contributed by atoms with Crippen molar-refractivity contribution in [1.29, 1.82) is 0 Å². The van der Waals surface area contributed by atoms with Gasteiger partial charge in [-0.05, 0) is 37.3 Å². The average molecular weight is 260 g/mol. The summed E-state index contributed by atoms with van der Waals surface area (Å²) in [6.45, 7) is 3.12. The van der Waals surface area contributed by atoms with Crippen LogP contribution in [0.25, 0.3) is 0 Å². The fraction of sp³-hybridized carbons (Fsp3) is 0.214. The van der Waals surface area contributed by atoms with Gasteiger partial charge in [-0.1, -0.05) is 0 Å². The maximum Gasteiger partial charge on any atom is 0.337 e. The topological polar surface area (TPSA) is 79.7 Å². The van der Waals surface area contributed by atoms with Crippen LogP contribution < -0.4 is 10.6 Å². The number of furan rings is 1. The molecule has 1 aromatic carbocycles. The van der Waals surface area contributed by atoms with Crippen LogP contribution in [-0.4, -0.2) is 17.6 Å². The molecule has 0 aliphatic carbocycles. The van der Waals surface area contributed by atoms with Crippen molar-refractivity contribution < 1.29 is 14.3 Å². The number of rotatable bonds is 5. The summed E-state index contributed by atoms with van der Waals surface area (Å²) in [6, 6.07) is 8.46. The van der Waals surface area contributed by atoms with Gasteiger partial charge in [0.2, 0.25) is 0 Å². The number of nitrogens with zero attached hydrogens (tertiary/aromatic N) is 1. The molecular weight excluding hydrogens is 244 g/mol. The molecule has 0 bridgehead atoms. The fourth-order valence-electron chi connectivity index (χ4n) is 1.95. The molecule has 19 heavy (non-hydrogen) atoms. The normalized spacial score (nSPS) is 10.4. The summed E-state index contributed by atoms with van der Waals surface area (Å²) < 4.78 is 5.30. The van der Waals surface area contributed by atoms with Crippen molar-refractivity contribution >= 4 is 17.3 Å². The van der Waals surface area contributed by atoms with E-state index in [2.05, 4.69) is 0 Å². The number of hydrogen-bond donors (Lipinski definition) is 2. The maximum atomic E-state index is 11.3. The molecule has 2 rings (SSSR count). The Kier molecular flexibility index (Phi) is 3.75. The van der Waals surface area contributed by atoms with Gasteiger partial charge in [-0.25, -0.2) is 4.79 Å². The van der Waals surface area contributed by atoms with Crippen LogP contribution in [0.1, 0.15) is 23.0 Å². The molecule has 0 fully saturated rings. The molecule has 100 valence electrons. The van der Waals surface area contributed by atoms with E-state index in [4.69, 9.17) is 10.2 Å². The zero-order valence-corrected chi connectivity index (χ0v) is 10.7. The highest BCUT2D eigenvalue weighted by molar-refractivity contribution is 5.95. The molecule has 0 aliphatic rings. The third kappa shape index (κ3) is 2.88. The first-order valence-electron chi connectivity index (χ1n) is 6.02. The van der Waals surface area contributed by atoms with Crippen LogP contribution in [0.3, 0.4) is 0 Å². The summed E-state index contributed by atoms with van der Waals surface area (Å²) >= 11 is 0. The van der Waals surface area contributed by atoms with Crippen molar-refractivity contribution in [3.63, 3.8) is 0 Å². The second kappa shape index (κ2) is 5.48. The Balaban J connectivity index is 2.36. The smallest absolute Gasteiger partial charge is 0.337 e. The van der Waals surface area contributed by atoms with Gasteiger partial charge in [-0.2, -0.15) is 0 Å². The van der Waals surface area contributed by atoms with Gasteiger partial charge in [-0.15, -0.1) is 0 Å². The Morgan fingerprint density at radius 3 is 2.79 bits per heavy atom. The number of aromatic carboxylic acids is 1. The van der Waals surface area contributed by atoms with Crippen LogP contribution in [0.15, 0.2) is 41.0 Å². The molecule has 0 saturated carbocycles. The van der Waals surface area contributed by atoms with Crippen molar-refractivity contribution in [2.24, 2.45) is 0 Å². The van der Waals surface area contributed by atoms with E-state index in [0.29, 0.717) is 24.5 Å². The molecule has 0 atom stereocenters. The molecule has 0 radical (unpaired) electrons. The van der Waals surface area contributed by atoms with Gasteiger partial charge in [0.15, 0.2) is 0 Å². The van der Waals surface area contributed by atoms with Gasteiger partial charge in [0.1, 0.15) is 5.76 Å². The number of carboxylic acids is 1. The zero-order valence-electron chi connectivity index (χ0n) is 10.7. The number of carbonyl (C=O) groups is 1. The molecule has 0 aliphatic heterocycles. The number of hydrogen-bond acceptors (Lipinski definition) is 4. The maximum absolute atomic E-state index is 11.3. The van der Waals surface area contributed by atoms with Gasteiger partial charge in [0, 0.05) is 12.2 Å². The van der Waals surface area contributed by atoms with Crippen LogP contribution in [0.5, 0.6) is 0 Å². The Morgan fingerprint density at radius 1 is 1.42 bits per heavy atom. The summed E-state index contributed by atoms with van der Waals surface area (Å²) in [6.07, 6.45) is 1.60. The summed E-state index contributed by atoms with van der Waals surface area (Å²) in [5.41, 5.74) is 7.13. The lowest BCUT2D eigenvalue weighted by molar-refractivity contribution is 0.0697. The van der Waals surface area contributed by atoms with Crippen LogP contribution >= 0.6 is 0 Å². The Labute approximate surface area is 111 Å². The lowest BCUT2D eigenvalue weighted by atomic mass is 10.1. The van der Waals surface area contributed by atoms with Crippen LogP contribution in [0.4, 0.5) is 11.4 Å². The molecular formula is C14H16N2O3. The fourth-order valence-corrected chi connectivity index (χ4v) is 1.95. The van der Waals surface area contributed by atoms with E-state index in [1.807, 2.05) is 17.9 Å². The largest absolute Gasteiger partial charge is 0.478 e. The highest BCUT2D eigenvalue weighted by Gasteiger charge is 2.16. The predicted octanol–water partition coefficient (Wildman–Crippen LogP) is 2.59. The summed E-state index contributed by atoms with van der Waals surface area (Å²) in [7, 11) is 0. The van der Waals surface area contributed by atoms with E-state index < -0.39 is 5.97 Å². The van der Waals surface area contributed by atoms with Gasteiger partial charge in [-0.3, -0.25) is 0 Å². The molecule has 0 spiro atoms. The monoisotopic (exact) mass is 260 g/mol. The number of anilines is 2. The van der Waals surface area contributed by atoms with Crippen molar-refractivity contribution in [1.82, 2.24) is 0 Å². The summed E-state index contributed by atoms with van der Waals surface area (Å²) in [5, 5.41) is 9.24. The van der Waals surface area contributed by atoms with E-state index in [0.717, 1.165) is 5.76 Å². The van der Waals surface area contributed by atoms with E-state index in [1.54, 1.807) is 24.5 Å². The summed E-state index contributed by atoms with van der Waals surface area (Å²) in [4.78, 5) is 13.2. The van der Waals surface area contributed by atoms with Gasteiger partial charge in [0.05, 0.1) is 24.1 Å². The van der Waals surface area contributed by atoms with E-state index >= 15 is 0 Å². The zero-order chi connectivity index (χ0) is 13.8. The van der Waals surface area contributed by atoms with Crippen molar-refractivity contribution in [2.45, 2.75) is 13.5 Å². The average Bonchev–Trinajstić information content (AvgIpc) is 2.88. The van der Waals surface area contributed by atoms with Gasteiger partial charge < -0.3 is 20.2 Å². The molecule has 5 nitrogen and oxygen atoms in total. The summed E-state index contributed by atoms with van der Waals surface area (Å²) in [5.74, 6) is -0.187. The third-order valence-corrected chi connectivity index (χ3v) is 2.90. The quantitative estimate of drug-likeness (QED) is 0.808. The first-order chi connectivity index (χ1) is 9.11. The van der Waals surface area contributed by atoms with E-state index in [-0.39, 0.29) is 5.56 Å². The van der Waals surface area contributed by atoms with Gasteiger partial charge in [0.25, 0.3) is 0 Å². The molecule has 1 heterocycles. The molecule has 1 aromatic heterocycles. The SMILES string of the molecule is CCN(Cc1ccco1)c1cc(N)ccc1C(=O)O. The van der Waals surface area contributed by atoms with E-state index in [1.165, 1.54) is 6.07 Å². The lowest BCUT2D eigenvalue weighted by Crippen LogP contribution is -2.24. The minimum Gasteiger partial charge on any atom is -0.478 e. The Morgan fingerprint density at radius 2 is 2.21 bits per heavy atom. The number of nitrogens with two attached hydrogens (primary N) is 1. The minimum absolute atomic E-state index is 0.239. The standard InChI is InChI=1S/C14H16N2O3/c1-2-16(9-11-4-3-7-19-11)13-8-10(15)5-6-12(13)14(17)18/h3-8H,2,9,15H2,1H3,(H,17,18). The predicted molar refractivity (Wildman–Crippen MR) is 73.2 cm³/mol. The second-order valence-electron chi connectivity index (χ2n) is 4.18. The first kappa shape index (κ1) is 13.0. The van der Waals surface area contributed by atoms with E-state index in [9.17, 15) is 9.90 Å². The molecule has 0 unspecified atom stereocenters. The second-order valence-corrected chi connectivity index (χ2v) is 4.18. The Bertz CT molecular complexity index is 564. The molecule has 3 N–H and O–H groups in total. The minimum atomic E-state index is -0.965. The molecule has 0 saturated heterocycles. The highest BCUT2D eigenvalue weighted by atomic mass is 16.4. The van der Waals surface area contributed by atoms with Crippen LogP contribution in [0, 0.1) is 0 Å². The van der Waals surface area contributed by atoms with Crippen molar-refractivity contribution in [3.05, 3.63) is 47.9 Å². The molecule has 0 amide bonds.